The number of anilines is 1. The normalized spacial score (nSPS) is 13.4. The van der Waals surface area contributed by atoms with Crippen LogP contribution in [0.5, 0.6) is 11.5 Å². The SMILES string of the molecule is CC(O)Cn1ccc2c(NC(=O)CCc3ccc4c(c3)OCO4)cccc2c1=O. The fourth-order valence-corrected chi connectivity index (χ4v) is 3.42. The monoisotopic (exact) mass is 394 g/mol. The third-order valence-corrected chi connectivity index (χ3v) is 4.83. The smallest absolute Gasteiger partial charge is 0.258 e. The topological polar surface area (TPSA) is 89.8 Å². The van der Waals surface area contributed by atoms with Gasteiger partial charge in [0.15, 0.2) is 11.5 Å². The van der Waals surface area contributed by atoms with Crippen LogP contribution in [0.1, 0.15) is 18.9 Å². The Morgan fingerprint density at radius 3 is 2.83 bits per heavy atom. The summed E-state index contributed by atoms with van der Waals surface area (Å²) in [7, 11) is 0. The van der Waals surface area contributed by atoms with E-state index in [1.54, 1.807) is 37.4 Å². The molecule has 1 aliphatic heterocycles. The highest BCUT2D eigenvalue weighted by Crippen LogP contribution is 2.32. The number of benzene rings is 2. The number of carbonyl (C=O) groups excluding carboxylic acids is 1. The number of ether oxygens (including phenoxy) is 2. The number of aryl methyl sites for hydroxylation is 1. The lowest BCUT2D eigenvalue weighted by Crippen LogP contribution is -2.25. The van der Waals surface area contributed by atoms with Crippen LogP contribution in [0.2, 0.25) is 0 Å². The van der Waals surface area contributed by atoms with Gasteiger partial charge in [0.2, 0.25) is 12.7 Å². The van der Waals surface area contributed by atoms with Crippen LogP contribution < -0.4 is 20.3 Å². The average Bonchev–Trinajstić information content (AvgIpc) is 3.16. The highest BCUT2D eigenvalue weighted by atomic mass is 16.7. The van der Waals surface area contributed by atoms with E-state index in [-0.39, 0.29) is 24.8 Å². The van der Waals surface area contributed by atoms with Gasteiger partial charge in [-0.3, -0.25) is 9.59 Å². The molecule has 7 nitrogen and oxygen atoms in total. The zero-order valence-electron chi connectivity index (χ0n) is 16.1. The van der Waals surface area contributed by atoms with Crippen molar-refractivity contribution < 1.29 is 19.4 Å². The van der Waals surface area contributed by atoms with E-state index in [2.05, 4.69) is 5.32 Å². The summed E-state index contributed by atoms with van der Waals surface area (Å²) in [5.41, 5.74) is 1.39. The first-order valence-electron chi connectivity index (χ1n) is 9.50. The largest absolute Gasteiger partial charge is 0.454 e. The van der Waals surface area contributed by atoms with Crippen LogP contribution in [0.4, 0.5) is 5.69 Å². The van der Waals surface area contributed by atoms with Crippen molar-refractivity contribution in [1.82, 2.24) is 4.57 Å². The Labute approximate surface area is 167 Å². The van der Waals surface area contributed by atoms with Gasteiger partial charge in [-0.15, -0.1) is 0 Å². The Kier molecular flexibility index (Phi) is 5.22. The molecule has 2 N–H and O–H groups in total. The van der Waals surface area contributed by atoms with Gasteiger partial charge in [0.25, 0.3) is 5.56 Å². The third-order valence-electron chi connectivity index (χ3n) is 4.83. The second-order valence-electron chi connectivity index (χ2n) is 7.12. The van der Waals surface area contributed by atoms with Crippen LogP contribution in [0.3, 0.4) is 0 Å². The first kappa shape index (κ1) is 19.0. The van der Waals surface area contributed by atoms with Crippen molar-refractivity contribution in [2.24, 2.45) is 0 Å². The maximum absolute atomic E-state index is 12.6. The van der Waals surface area contributed by atoms with Gasteiger partial charge in [-0.05, 0) is 49.2 Å². The van der Waals surface area contributed by atoms with Gasteiger partial charge in [0.05, 0.1) is 12.6 Å². The fraction of sp³-hybridized carbons (Fsp3) is 0.273. The summed E-state index contributed by atoms with van der Waals surface area (Å²) < 4.78 is 12.1. The number of rotatable bonds is 6. The van der Waals surface area contributed by atoms with Crippen LogP contribution in [-0.4, -0.2) is 28.5 Å². The van der Waals surface area contributed by atoms with E-state index < -0.39 is 6.10 Å². The van der Waals surface area contributed by atoms with Crippen LogP contribution in [-0.2, 0) is 17.8 Å². The van der Waals surface area contributed by atoms with Gasteiger partial charge < -0.3 is 24.5 Å². The van der Waals surface area contributed by atoms with E-state index in [4.69, 9.17) is 9.47 Å². The number of aromatic nitrogens is 1. The van der Waals surface area contributed by atoms with Gasteiger partial charge in [0, 0.05) is 29.1 Å². The highest BCUT2D eigenvalue weighted by molar-refractivity contribution is 6.01. The first-order chi connectivity index (χ1) is 14.0. The second-order valence-corrected chi connectivity index (χ2v) is 7.12. The van der Waals surface area contributed by atoms with Gasteiger partial charge in [-0.1, -0.05) is 12.1 Å². The number of pyridine rings is 1. The zero-order valence-corrected chi connectivity index (χ0v) is 16.1. The maximum Gasteiger partial charge on any atom is 0.258 e. The lowest BCUT2D eigenvalue weighted by atomic mass is 10.1. The lowest BCUT2D eigenvalue weighted by molar-refractivity contribution is -0.116. The molecule has 1 aliphatic rings. The first-order valence-corrected chi connectivity index (χ1v) is 9.50. The Morgan fingerprint density at radius 1 is 1.17 bits per heavy atom. The van der Waals surface area contributed by atoms with E-state index in [1.165, 1.54) is 4.57 Å². The standard InChI is InChI=1S/C22H22N2O5/c1-14(25)12-24-10-9-16-17(22(24)27)3-2-4-18(16)23-21(26)8-6-15-5-7-19-20(11-15)29-13-28-19/h2-5,7,9-11,14,25H,6,8,12-13H2,1H3,(H,23,26). The molecule has 0 saturated heterocycles. The number of nitrogens with zero attached hydrogens (tertiary/aromatic N) is 1. The van der Waals surface area contributed by atoms with Crippen molar-refractivity contribution in [2.75, 3.05) is 12.1 Å². The van der Waals surface area contributed by atoms with Crippen LogP contribution in [0.15, 0.2) is 53.5 Å². The van der Waals surface area contributed by atoms with Crippen molar-refractivity contribution in [3.05, 3.63) is 64.6 Å². The molecule has 7 heteroatoms. The highest BCUT2D eigenvalue weighted by Gasteiger charge is 2.14. The van der Waals surface area contributed by atoms with Crippen molar-refractivity contribution in [3.63, 3.8) is 0 Å². The molecular weight excluding hydrogens is 372 g/mol. The van der Waals surface area contributed by atoms with Gasteiger partial charge in [0.1, 0.15) is 0 Å². The van der Waals surface area contributed by atoms with Gasteiger partial charge >= 0.3 is 0 Å². The van der Waals surface area contributed by atoms with Crippen molar-refractivity contribution in [3.8, 4) is 11.5 Å². The van der Waals surface area contributed by atoms with Crippen LogP contribution in [0.25, 0.3) is 10.8 Å². The maximum atomic E-state index is 12.6. The number of aliphatic hydroxyl groups excluding tert-OH is 1. The molecule has 150 valence electrons. The molecule has 0 aliphatic carbocycles. The summed E-state index contributed by atoms with van der Waals surface area (Å²) in [5, 5.41) is 13.6. The molecule has 0 bridgehead atoms. The van der Waals surface area contributed by atoms with Crippen molar-refractivity contribution in [1.29, 1.82) is 0 Å². The molecule has 29 heavy (non-hydrogen) atoms. The third kappa shape index (κ3) is 4.09. The Hall–Kier alpha value is -3.32. The van der Waals surface area contributed by atoms with E-state index in [9.17, 15) is 14.7 Å². The minimum absolute atomic E-state index is 0.136. The quantitative estimate of drug-likeness (QED) is 0.671. The predicted molar refractivity (Wildman–Crippen MR) is 109 cm³/mol. The number of amides is 1. The van der Waals surface area contributed by atoms with Crippen molar-refractivity contribution in [2.45, 2.75) is 32.4 Å². The molecule has 3 aromatic rings. The number of aliphatic hydroxyl groups is 1. The number of fused-ring (bicyclic) bond motifs is 2. The predicted octanol–water partition coefficient (Wildman–Crippen LogP) is 2.68. The number of carbonyl (C=O) groups is 1. The molecule has 1 amide bonds. The molecule has 0 radical (unpaired) electrons. The number of hydrogen-bond acceptors (Lipinski definition) is 5. The molecule has 1 aromatic heterocycles. The lowest BCUT2D eigenvalue weighted by Gasteiger charge is -2.12. The molecule has 0 saturated carbocycles. The molecule has 0 spiro atoms. The Bertz CT molecular complexity index is 1120. The summed E-state index contributed by atoms with van der Waals surface area (Å²) in [6.07, 6.45) is 1.88. The van der Waals surface area contributed by atoms with E-state index in [1.807, 2.05) is 18.2 Å². The number of hydrogen-bond donors (Lipinski definition) is 2. The van der Waals surface area contributed by atoms with Gasteiger partial charge in [-0.2, -0.15) is 0 Å². The second kappa shape index (κ2) is 7.97. The van der Waals surface area contributed by atoms with E-state index in [0.717, 1.165) is 11.3 Å². The Balaban J connectivity index is 1.48. The summed E-state index contributed by atoms with van der Waals surface area (Å²) in [4.78, 5) is 25.1. The summed E-state index contributed by atoms with van der Waals surface area (Å²) in [6.45, 7) is 2.08. The van der Waals surface area contributed by atoms with E-state index in [0.29, 0.717) is 35.1 Å². The molecule has 4 rings (SSSR count). The minimum atomic E-state index is -0.621. The summed E-state index contributed by atoms with van der Waals surface area (Å²) >= 11 is 0. The summed E-state index contributed by atoms with van der Waals surface area (Å²) in [6, 6.07) is 12.7. The summed E-state index contributed by atoms with van der Waals surface area (Å²) in [5.74, 6) is 1.28. The minimum Gasteiger partial charge on any atom is -0.454 e. The molecule has 2 aromatic carbocycles. The Morgan fingerprint density at radius 2 is 2.00 bits per heavy atom. The van der Waals surface area contributed by atoms with Gasteiger partial charge in [-0.25, -0.2) is 0 Å². The molecule has 2 heterocycles. The van der Waals surface area contributed by atoms with E-state index >= 15 is 0 Å². The molecule has 1 unspecified atom stereocenters. The fourth-order valence-electron chi connectivity index (χ4n) is 3.42. The molecular formula is C22H22N2O5. The zero-order chi connectivity index (χ0) is 20.4. The van der Waals surface area contributed by atoms with Crippen LogP contribution >= 0.6 is 0 Å². The number of nitrogens with one attached hydrogen (secondary N) is 1. The average molecular weight is 394 g/mol. The molecule has 1 atom stereocenters. The van der Waals surface area contributed by atoms with Crippen LogP contribution in [0, 0.1) is 0 Å². The molecule has 0 fully saturated rings. The van der Waals surface area contributed by atoms with Crippen molar-refractivity contribution >= 4 is 22.4 Å².